The van der Waals surface area contributed by atoms with Gasteiger partial charge >= 0.3 is 0 Å². The molecule has 9 nitrogen and oxygen atoms in total. The number of ether oxygens (including phenoxy) is 2. The molecule has 168 valence electrons. The normalized spacial score (nSPS) is 15.1. The molecule has 0 aliphatic carbocycles. The highest BCUT2D eigenvalue weighted by molar-refractivity contribution is 5.89. The van der Waals surface area contributed by atoms with Crippen molar-refractivity contribution in [2.24, 2.45) is 10.7 Å². The topological polar surface area (TPSA) is 106 Å². The van der Waals surface area contributed by atoms with Crippen molar-refractivity contribution in [3.63, 3.8) is 0 Å². The Bertz CT molecular complexity index is 903. The Labute approximate surface area is 182 Å². The average molecular weight is 430 g/mol. The van der Waals surface area contributed by atoms with Crippen LogP contribution < -0.4 is 20.5 Å². The summed E-state index contributed by atoms with van der Waals surface area (Å²) in [5, 5.41) is 3.34. The maximum Gasteiger partial charge on any atom is 0.284 e. The summed E-state index contributed by atoms with van der Waals surface area (Å²) in [6, 6.07) is 9.18. The van der Waals surface area contributed by atoms with Crippen LogP contribution in [0.4, 0.5) is 0 Å². The summed E-state index contributed by atoms with van der Waals surface area (Å²) in [5.74, 6) is 2.70. The van der Waals surface area contributed by atoms with Crippen molar-refractivity contribution in [3.8, 4) is 11.5 Å². The lowest BCUT2D eigenvalue weighted by molar-refractivity contribution is 0.0972. The molecule has 0 unspecified atom stereocenters. The minimum Gasteiger partial charge on any atom is -0.497 e. The molecule has 1 aliphatic rings. The van der Waals surface area contributed by atoms with Gasteiger partial charge in [-0.25, -0.2) is 4.99 Å². The highest BCUT2D eigenvalue weighted by atomic mass is 16.5. The van der Waals surface area contributed by atoms with E-state index in [-0.39, 0.29) is 5.76 Å². The first kappa shape index (κ1) is 22.5. The van der Waals surface area contributed by atoms with Gasteiger partial charge in [0.15, 0.2) is 11.7 Å². The number of primary amides is 1. The number of rotatable bonds is 8. The van der Waals surface area contributed by atoms with Crippen LogP contribution in [0.5, 0.6) is 11.5 Å². The standard InChI is InChI=1S/C22H31N5O4/c1-4-24-22(25-14-18-6-8-20(31-18)21(23)28)27-11-9-26(10-12-27)15-16-13-17(29-2)5-7-19(16)30-3/h5-8,13H,4,9-12,14-15H2,1-3H3,(H2,23,28)(H,24,25). The largest absolute Gasteiger partial charge is 0.497 e. The van der Waals surface area contributed by atoms with E-state index >= 15 is 0 Å². The fourth-order valence-electron chi connectivity index (χ4n) is 3.54. The number of methoxy groups -OCH3 is 2. The maximum absolute atomic E-state index is 11.2. The molecule has 1 aliphatic heterocycles. The van der Waals surface area contributed by atoms with E-state index in [0.717, 1.165) is 62.3 Å². The Morgan fingerprint density at radius 3 is 2.55 bits per heavy atom. The molecule has 1 aromatic heterocycles. The van der Waals surface area contributed by atoms with Crippen LogP contribution in [-0.2, 0) is 13.1 Å². The van der Waals surface area contributed by atoms with Crippen molar-refractivity contribution in [1.29, 1.82) is 0 Å². The van der Waals surface area contributed by atoms with Crippen LogP contribution in [-0.4, -0.2) is 68.6 Å². The second-order valence-electron chi connectivity index (χ2n) is 7.24. The molecule has 3 N–H and O–H groups in total. The number of nitrogens with one attached hydrogen (secondary N) is 1. The molecule has 0 bridgehead atoms. The minimum absolute atomic E-state index is 0.150. The molecule has 1 saturated heterocycles. The Morgan fingerprint density at radius 2 is 1.94 bits per heavy atom. The van der Waals surface area contributed by atoms with E-state index in [2.05, 4.69) is 20.1 Å². The number of nitrogens with two attached hydrogens (primary N) is 1. The van der Waals surface area contributed by atoms with Gasteiger partial charge < -0.3 is 29.8 Å². The Hall–Kier alpha value is -3.20. The molecular formula is C22H31N5O4. The van der Waals surface area contributed by atoms with E-state index in [4.69, 9.17) is 19.6 Å². The quantitative estimate of drug-likeness (QED) is 0.486. The predicted molar refractivity (Wildman–Crippen MR) is 118 cm³/mol. The van der Waals surface area contributed by atoms with E-state index in [1.54, 1.807) is 26.4 Å². The zero-order chi connectivity index (χ0) is 22.2. The summed E-state index contributed by atoms with van der Waals surface area (Å²) < 4.78 is 16.3. The summed E-state index contributed by atoms with van der Waals surface area (Å²) in [6.45, 7) is 7.45. The lowest BCUT2D eigenvalue weighted by atomic mass is 10.1. The molecule has 1 aromatic carbocycles. The summed E-state index contributed by atoms with van der Waals surface area (Å²) in [4.78, 5) is 20.5. The number of carbonyl (C=O) groups excluding carboxylic acids is 1. The van der Waals surface area contributed by atoms with E-state index in [1.165, 1.54) is 0 Å². The number of furan rings is 1. The van der Waals surface area contributed by atoms with Crippen LogP contribution in [0.3, 0.4) is 0 Å². The summed E-state index contributed by atoms with van der Waals surface area (Å²) in [7, 11) is 3.36. The zero-order valence-corrected chi connectivity index (χ0v) is 18.4. The Balaban J connectivity index is 1.60. The van der Waals surface area contributed by atoms with Crippen LogP contribution in [0.15, 0.2) is 39.7 Å². The van der Waals surface area contributed by atoms with Gasteiger partial charge in [-0.2, -0.15) is 0 Å². The van der Waals surface area contributed by atoms with Gasteiger partial charge in [0.2, 0.25) is 0 Å². The third-order valence-corrected chi connectivity index (χ3v) is 5.18. The number of benzene rings is 1. The van der Waals surface area contributed by atoms with E-state index in [1.807, 2.05) is 25.1 Å². The molecule has 9 heteroatoms. The lowest BCUT2D eigenvalue weighted by Crippen LogP contribution is -2.52. The zero-order valence-electron chi connectivity index (χ0n) is 18.4. The van der Waals surface area contributed by atoms with Crippen molar-refractivity contribution in [2.45, 2.75) is 20.0 Å². The predicted octanol–water partition coefficient (Wildman–Crippen LogP) is 1.68. The summed E-state index contributed by atoms with van der Waals surface area (Å²) in [6.07, 6.45) is 0. The van der Waals surface area contributed by atoms with Gasteiger partial charge in [-0.05, 0) is 37.3 Å². The smallest absolute Gasteiger partial charge is 0.284 e. The second kappa shape index (κ2) is 10.7. The van der Waals surface area contributed by atoms with Crippen molar-refractivity contribution in [3.05, 3.63) is 47.4 Å². The monoisotopic (exact) mass is 429 g/mol. The Morgan fingerprint density at radius 1 is 1.16 bits per heavy atom. The maximum atomic E-state index is 11.2. The highest BCUT2D eigenvalue weighted by Gasteiger charge is 2.21. The van der Waals surface area contributed by atoms with Crippen LogP contribution in [0.1, 0.15) is 28.8 Å². The first-order valence-corrected chi connectivity index (χ1v) is 10.4. The Kier molecular flexibility index (Phi) is 7.77. The fourth-order valence-corrected chi connectivity index (χ4v) is 3.54. The first-order valence-electron chi connectivity index (χ1n) is 10.4. The van der Waals surface area contributed by atoms with Crippen LogP contribution in [0.2, 0.25) is 0 Å². The van der Waals surface area contributed by atoms with E-state index in [9.17, 15) is 4.79 Å². The van der Waals surface area contributed by atoms with Crippen molar-refractivity contribution < 1.29 is 18.7 Å². The third kappa shape index (κ3) is 5.91. The number of nitrogens with zero attached hydrogens (tertiary/aromatic N) is 3. The molecule has 0 radical (unpaired) electrons. The van der Waals surface area contributed by atoms with E-state index in [0.29, 0.717) is 12.3 Å². The van der Waals surface area contributed by atoms with E-state index < -0.39 is 5.91 Å². The minimum atomic E-state index is -0.578. The van der Waals surface area contributed by atoms with Gasteiger partial charge in [0.05, 0.1) is 14.2 Å². The van der Waals surface area contributed by atoms with Gasteiger partial charge in [-0.3, -0.25) is 9.69 Å². The fraction of sp³-hybridized carbons (Fsp3) is 0.455. The summed E-state index contributed by atoms with van der Waals surface area (Å²) in [5.41, 5.74) is 6.35. The van der Waals surface area contributed by atoms with Crippen molar-refractivity contribution in [1.82, 2.24) is 15.1 Å². The number of hydrogen-bond donors (Lipinski definition) is 2. The van der Waals surface area contributed by atoms with Crippen molar-refractivity contribution >= 4 is 11.9 Å². The SMILES string of the molecule is CCNC(=NCc1ccc(C(N)=O)o1)N1CCN(Cc2cc(OC)ccc2OC)CC1. The van der Waals surface area contributed by atoms with Crippen molar-refractivity contribution in [2.75, 3.05) is 46.9 Å². The number of amides is 1. The molecule has 0 saturated carbocycles. The third-order valence-electron chi connectivity index (χ3n) is 5.18. The average Bonchev–Trinajstić information content (AvgIpc) is 3.26. The number of guanidine groups is 1. The molecular weight excluding hydrogens is 398 g/mol. The van der Waals surface area contributed by atoms with Crippen LogP contribution in [0.25, 0.3) is 0 Å². The highest BCUT2D eigenvalue weighted by Crippen LogP contribution is 2.25. The first-order chi connectivity index (χ1) is 15.0. The molecule has 31 heavy (non-hydrogen) atoms. The molecule has 1 fully saturated rings. The summed E-state index contributed by atoms with van der Waals surface area (Å²) >= 11 is 0. The van der Waals surface area contributed by atoms with Gasteiger partial charge in [0.1, 0.15) is 23.8 Å². The number of aliphatic imine (C=N–C) groups is 1. The van der Waals surface area contributed by atoms with Gasteiger partial charge in [0, 0.05) is 44.8 Å². The molecule has 2 aromatic rings. The lowest BCUT2D eigenvalue weighted by Gasteiger charge is -2.36. The number of piperazine rings is 1. The molecule has 3 rings (SSSR count). The number of carbonyl (C=O) groups is 1. The molecule has 0 atom stereocenters. The molecule has 0 spiro atoms. The number of hydrogen-bond acceptors (Lipinski definition) is 6. The van der Waals surface area contributed by atoms with Crippen LogP contribution >= 0.6 is 0 Å². The van der Waals surface area contributed by atoms with Gasteiger partial charge in [0.25, 0.3) is 5.91 Å². The second-order valence-corrected chi connectivity index (χ2v) is 7.24. The molecule has 2 heterocycles. The van der Waals surface area contributed by atoms with Gasteiger partial charge in [-0.15, -0.1) is 0 Å². The van der Waals surface area contributed by atoms with Crippen LogP contribution in [0, 0.1) is 0 Å². The van der Waals surface area contributed by atoms with Gasteiger partial charge in [-0.1, -0.05) is 0 Å². The molecule has 1 amide bonds.